The van der Waals surface area contributed by atoms with Crippen LogP contribution in [0.5, 0.6) is 0 Å². The van der Waals surface area contributed by atoms with Gasteiger partial charge in [-0.25, -0.2) is 8.42 Å². The normalized spacial score (nSPS) is 16.2. The lowest BCUT2D eigenvalue weighted by atomic mass is 9.95. The summed E-state index contributed by atoms with van der Waals surface area (Å²) in [6, 6.07) is 19.3. The molecule has 0 aliphatic carbocycles. The van der Waals surface area contributed by atoms with Gasteiger partial charge in [0.25, 0.3) is 21.8 Å². The lowest BCUT2D eigenvalue weighted by Crippen LogP contribution is -2.52. The summed E-state index contributed by atoms with van der Waals surface area (Å²) in [6.45, 7) is 3.58. The maximum Gasteiger partial charge on any atom is 0.257 e. The number of hydrogen-bond acceptors (Lipinski definition) is 4. The molecule has 5 rings (SSSR count). The second kappa shape index (κ2) is 9.33. The summed E-state index contributed by atoms with van der Waals surface area (Å²) in [5, 5.41) is 1.37. The van der Waals surface area contributed by atoms with E-state index in [1.165, 1.54) is 29.2 Å². The molecule has 10 heteroatoms. The molecular formula is C27H25ClN4O4S. The van der Waals surface area contributed by atoms with Crippen molar-refractivity contribution in [1.29, 1.82) is 0 Å². The number of aryl methyl sites for hydroxylation is 1. The third-order valence-corrected chi connectivity index (χ3v) is 8.47. The Labute approximate surface area is 219 Å². The fourth-order valence-electron chi connectivity index (χ4n) is 4.95. The largest absolute Gasteiger partial charge is 0.348 e. The first-order chi connectivity index (χ1) is 17.6. The highest BCUT2D eigenvalue weighted by Gasteiger charge is 2.44. The topological polar surface area (TPSA) is 101 Å². The van der Waals surface area contributed by atoms with Crippen LogP contribution in [-0.2, 0) is 21.9 Å². The predicted octanol–water partition coefficient (Wildman–Crippen LogP) is 4.08. The zero-order valence-corrected chi connectivity index (χ0v) is 22.0. The second-order valence-electron chi connectivity index (χ2n) is 9.00. The molecule has 37 heavy (non-hydrogen) atoms. The maximum atomic E-state index is 13.6. The van der Waals surface area contributed by atoms with Crippen molar-refractivity contribution in [3.8, 4) is 0 Å². The number of nitrogens with one attached hydrogen (secondary N) is 2. The number of carbonyl (C=O) groups excluding carboxylic acids is 2. The molecule has 3 aromatic carbocycles. The van der Waals surface area contributed by atoms with Gasteiger partial charge in [-0.15, -0.1) is 4.83 Å². The maximum absolute atomic E-state index is 13.6. The minimum Gasteiger partial charge on any atom is -0.348 e. The van der Waals surface area contributed by atoms with Gasteiger partial charge in [0.15, 0.2) is 0 Å². The van der Waals surface area contributed by atoms with E-state index >= 15 is 0 Å². The Bertz CT molecular complexity index is 1650. The Kier molecular flexibility index (Phi) is 6.31. The summed E-state index contributed by atoms with van der Waals surface area (Å²) in [6.07, 6.45) is 0. The molecule has 0 fully saturated rings. The summed E-state index contributed by atoms with van der Waals surface area (Å²) in [7, 11) is -2.07. The smallest absolute Gasteiger partial charge is 0.257 e. The van der Waals surface area contributed by atoms with Crippen LogP contribution in [0, 0.1) is 6.92 Å². The Hall–Kier alpha value is -3.66. The van der Waals surface area contributed by atoms with Crippen molar-refractivity contribution in [3.05, 3.63) is 100 Å². The number of aromatic nitrogens is 1. The van der Waals surface area contributed by atoms with Crippen LogP contribution in [0.1, 0.15) is 40.1 Å². The van der Waals surface area contributed by atoms with Gasteiger partial charge in [-0.2, -0.15) is 0 Å². The van der Waals surface area contributed by atoms with Gasteiger partial charge in [0.05, 0.1) is 10.9 Å². The zero-order chi connectivity index (χ0) is 26.5. The molecule has 2 heterocycles. The van der Waals surface area contributed by atoms with Gasteiger partial charge in [-0.1, -0.05) is 48.0 Å². The number of sulfonamides is 1. The highest BCUT2D eigenvalue weighted by atomic mass is 35.5. The van der Waals surface area contributed by atoms with Crippen LogP contribution in [0.4, 0.5) is 0 Å². The number of halogens is 1. The molecule has 0 bridgehead atoms. The quantitative estimate of drug-likeness (QED) is 0.363. The zero-order valence-electron chi connectivity index (χ0n) is 20.4. The van der Waals surface area contributed by atoms with Crippen LogP contribution in [0.15, 0.2) is 77.7 Å². The van der Waals surface area contributed by atoms with Gasteiger partial charge < -0.3 is 9.47 Å². The van der Waals surface area contributed by atoms with E-state index in [9.17, 15) is 18.0 Å². The second-order valence-corrected chi connectivity index (χ2v) is 11.1. The van der Waals surface area contributed by atoms with E-state index < -0.39 is 28.0 Å². The van der Waals surface area contributed by atoms with Crippen LogP contribution in [0.25, 0.3) is 10.9 Å². The third kappa shape index (κ3) is 4.19. The first kappa shape index (κ1) is 25.0. The highest BCUT2D eigenvalue weighted by Crippen LogP contribution is 2.44. The SMILES string of the molecule is Cc1c(C2c3ccccc3C(=O)N2C(C)C(=O)NNS(=O)(=O)c2ccc(Cl)cc2)c2ccccc2n1C. The monoisotopic (exact) mass is 536 g/mol. The molecule has 2 N–H and O–H groups in total. The minimum absolute atomic E-state index is 0.0567. The van der Waals surface area contributed by atoms with Gasteiger partial charge in [0.2, 0.25) is 0 Å². The Morgan fingerprint density at radius 2 is 1.65 bits per heavy atom. The van der Waals surface area contributed by atoms with Crippen molar-refractivity contribution in [2.75, 3.05) is 0 Å². The molecule has 0 saturated heterocycles. The summed E-state index contributed by atoms with van der Waals surface area (Å²) in [5.41, 5.74) is 6.51. The number of benzene rings is 3. The number of para-hydroxylation sites is 1. The predicted molar refractivity (Wildman–Crippen MR) is 141 cm³/mol. The van der Waals surface area contributed by atoms with Crippen LogP contribution in [0.3, 0.4) is 0 Å². The number of rotatable bonds is 6. The highest BCUT2D eigenvalue weighted by molar-refractivity contribution is 7.89. The number of carbonyl (C=O) groups is 2. The van der Waals surface area contributed by atoms with Gasteiger partial charge in [0, 0.05) is 39.8 Å². The summed E-state index contributed by atoms with van der Waals surface area (Å²) in [4.78, 5) is 30.4. The van der Waals surface area contributed by atoms with Crippen LogP contribution in [0.2, 0.25) is 5.02 Å². The van der Waals surface area contributed by atoms with Crippen molar-refractivity contribution in [3.63, 3.8) is 0 Å². The van der Waals surface area contributed by atoms with Gasteiger partial charge in [-0.05, 0) is 55.8 Å². The Morgan fingerprint density at radius 1 is 1.00 bits per heavy atom. The molecule has 2 atom stereocenters. The van der Waals surface area contributed by atoms with E-state index in [2.05, 4.69) is 14.8 Å². The number of amides is 2. The number of hydrazine groups is 1. The third-order valence-electron chi connectivity index (χ3n) is 6.95. The van der Waals surface area contributed by atoms with E-state index in [0.717, 1.165) is 27.7 Å². The van der Waals surface area contributed by atoms with Crippen LogP contribution >= 0.6 is 11.6 Å². The Balaban J connectivity index is 1.50. The summed E-state index contributed by atoms with van der Waals surface area (Å²) in [5.74, 6) is -0.960. The lowest BCUT2D eigenvalue weighted by Gasteiger charge is -2.31. The first-order valence-electron chi connectivity index (χ1n) is 11.6. The molecule has 8 nitrogen and oxygen atoms in total. The van der Waals surface area contributed by atoms with Crippen molar-refractivity contribution in [1.82, 2.24) is 19.7 Å². The fourth-order valence-corrected chi connectivity index (χ4v) is 5.92. The van der Waals surface area contributed by atoms with Gasteiger partial charge in [0.1, 0.15) is 6.04 Å². The molecule has 1 aromatic heterocycles. The number of hydrogen-bond donors (Lipinski definition) is 2. The molecule has 0 radical (unpaired) electrons. The average molecular weight is 537 g/mol. The fraction of sp³-hybridized carbons (Fsp3) is 0.185. The standard InChI is InChI=1S/C27H25ClN4O4S/c1-16-24(22-10-6-7-11-23(22)31(16)3)25-20-8-4-5-9-21(20)27(34)32(25)17(2)26(33)29-30-37(35,36)19-14-12-18(28)13-15-19/h4-15,17,25,30H,1-3H3,(H,29,33). The molecule has 1 aliphatic rings. The number of nitrogens with zero attached hydrogens (tertiary/aromatic N) is 2. The molecule has 2 unspecified atom stereocenters. The Morgan fingerprint density at radius 3 is 2.38 bits per heavy atom. The first-order valence-corrected chi connectivity index (χ1v) is 13.5. The molecule has 190 valence electrons. The molecule has 0 spiro atoms. The van der Waals surface area contributed by atoms with Crippen molar-refractivity contribution >= 4 is 44.3 Å². The van der Waals surface area contributed by atoms with Gasteiger partial charge >= 0.3 is 0 Å². The van der Waals surface area contributed by atoms with Crippen molar-refractivity contribution in [2.45, 2.75) is 30.8 Å². The molecule has 0 saturated carbocycles. The minimum atomic E-state index is -4.04. The van der Waals surface area contributed by atoms with E-state index in [1.54, 1.807) is 19.1 Å². The summed E-state index contributed by atoms with van der Waals surface area (Å²) < 4.78 is 27.4. The summed E-state index contributed by atoms with van der Waals surface area (Å²) >= 11 is 5.84. The van der Waals surface area contributed by atoms with E-state index in [-0.39, 0.29) is 10.8 Å². The molecule has 1 aliphatic heterocycles. The molecular weight excluding hydrogens is 512 g/mol. The van der Waals surface area contributed by atoms with E-state index in [0.29, 0.717) is 10.6 Å². The van der Waals surface area contributed by atoms with Crippen molar-refractivity contribution < 1.29 is 18.0 Å². The lowest BCUT2D eigenvalue weighted by molar-refractivity contribution is -0.126. The number of fused-ring (bicyclic) bond motifs is 2. The van der Waals surface area contributed by atoms with Crippen LogP contribution in [-0.4, -0.2) is 35.7 Å². The van der Waals surface area contributed by atoms with Crippen molar-refractivity contribution in [2.24, 2.45) is 7.05 Å². The van der Waals surface area contributed by atoms with E-state index in [1.807, 2.05) is 50.4 Å². The molecule has 4 aromatic rings. The van der Waals surface area contributed by atoms with E-state index in [4.69, 9.17) is 11.6 Å². The molecule has 2 amide bonds. The van der Waals surface area contributed by atoms with Gasteiger partial charge in [-0.3, -0.25) is 15.0 Å². The van der Waals surface area contributed by atoms with Crippen LogP contribution < -0.4 is 10.3 Å². The average Bonchev–Trinajstić information content (AvgIpc) is 3.32.